The molecule has 9 heavy (non-hydrogen) atoms. The SMILES string of the molecule is C[CH]OC(F)(F)C(F)Cl. The van der Waals surface area contributed by atoms with Gasteiger partial charge in [-0.05, 0) is 6.92 Å². The zero-order chi connectivity index (χ0) is 7.49. The minimum Gasteiger partial charge on any atom is -0.311 e. The van der Waals surface area contributed by atoms with Crippen molar-refractivity contribution in [3.05, 3.63) is 6.61 Å². The normalized spacial score (nSPS) is 15.7. The quantitative estimate of drug-likeness (QED) is 0.577. The maximum absolute atomic E-state index is 11.8. The Hall–Kier alpha value is 0.0400. The molecule has 0 fully saturated rings. The van der Waals surface area contributed by atoms with Gasteiger partial charge in [0.05, 0.1) is 6.61 Å². The van der Waals surface area contributed by atoms with Gasteiger partial charge in [0.15, 0.2) is 0 Å². The van der Waals surface area contributed by atoms with Crippen LogP contribution >= 0.6 is 11.6 Å². The Morgan fingerprint density at radius 1 is 1.67 bits per heavy atom. The molecule has 0 aliphatic heterocycles. The summed E-state index contributed by atoms with van der Waals surface area (Å²) in [6.07, 6.45) is -3.91. The highest BCUT2D eigenvalue weighted by Gasteiger charge is 2.39. The summed E-state index contributed by atoms with van der Waals surface area (Å²) in [6.45, 7) is 1.88. The number of halogens is 4. The molecule has 1 unspecified atom stereocenters. The van der Waals surface area contributed by atoms with E-state index in [1.54, 1.807) is 0 Å². The van der Waals surface area contributed by atoms with Crippen LogP contribution in [0.5, 0.6) is 0 Å². The van der Waals surface area contributed by atoms with E-state index >= 15 is 0 Å². The second kappa shape index (κ2) is 3.27. The fraction of sp³-hybridized carbons (Fsp3) is 0.750. The first-order valence-electron chi connectivity index (χ1n) is 2.12. The lowest BCUT2D eigenvalue weighted by atomic mass is 10.7. The Balaban J connectivity index is 3.70. The van der Waals surface area contributed by atoms with E-state index in [1.165, 1.54) is 6.92 Å². The summed E-state index contributed by atoms with van der Waals surface area (Å²) in [5.41, 5.74) is -2.80. The molecule has 0 aliphatic rings. The number of alkyl halides is 4. The van der Waals surface area contributed by atoms with Gasteiger partial charge in [-0.1, -0.05) is 11.6 Å². The molecule has 0 amide bonds. The average molecular weight is 162 g/mol. The summed E-state index contributed by atoms with van der Waals surface area (Å²) in [5, 5.41) is 0. The van der Waals surface area contributed by atoms with Crippen molar-refractivity contribution in [2.45, 2.75) is 18.7 Å². The predicted molar refractivity (Wildman–Crippen MR) is 26.8 cm³/mol. The Labute approximate surface area is 55.7 Å². The molecular weight excluding hydrogens is 156 g/mol. The van der Waals surface area contributed by atoms with Gasteiger partial charge >= 0.3 is 6.11 Å². The third-order valence-corrected chi connectivity index (χ3v) is 0.783. The van der Waals surface area contributed by atoms with Gasteiger partial charge in [-0.25, -0.2) is 4.39 Å². The van der Waals surface area contributed by atoms with Crippen molar-refractivity contribution in [1.82, 2.24) is 0 Å². The molecule has 0 saturated carbocycles. The molecule has 0 aliphatic carbocycles. The Morgan fingerprint density at radius 2 is 2.11 bits per heavy atom. The molecule has 0 aromatic rings. The molecule has 1 radical (unpaired) electrons. The van der Waals surface area contributed by atoms with E-state index in [9.17, 15) is 13.2 Å². The number of rotatable bonds is 3. The molecule has 0 N–H and O–H groups in total. The van der Waals surface area contributed by atoms with Crippen LogP contribution in [0.2, 0.25) is 0 Å². The third kappa shape index (κ3) is 2.91. The van der Waals surface area contributed by atoms with Gasteiger partial charge < -0.3 is 4.74 Å². The lowest BCUT2D eigenvalue weighted by molar-refractivity contribution is -0.236. The molecule has 0 bridgehead atoms. The van der Waals surface area contributed by atoms with Gasteiger partial charge in [-0.15, -0.1) is 0 Å². The van der Waals surface area contributed by atoms with Crippen LogP contribution in [0.15, 0.2) is 0 Å². The van der Waals surface area contributed by atoms with Crippen molar-refractivity contribution in [1.29, 1.82) is 0 Å². The summed E-state index contributed by atoms with van der Waals surface area (Å²) in [4.78, 5) is 0. The molecule has 0 spiro atoms. The number of hydrogen-bond donors (Lipinski definition) is 0. The fourth-order valence-corrected chi connectivity index (χ4v) is 0.260. The van der Waals surface area contributed by atoms with Crippen LogP contribution in [0.25, 0.3) is 0 Å². The van der Waals surface area contributed by atoms with Crippen molar-refractivity contribution >= 4 is 11.6 Å². The molecule has 0 aromatic carbocycles. The Morgan fingerprint density at radius 3 is 2.22 bits per heavy atom. The van der Waals surface area contributed by atoms with Crippen molar-refractivity contribution < 1.29 is 17.9 Å². The van der Waals surface area contributed by atoms with Gasteiger partial charge in [0.1, 0.15) is 0 Å². The van der Waals surface area contributed by atoms with Crippen molar-refractivity contribution in [3.63, 3.8) is 0 Å². The number of ether oxygens (including phenoxy) is 1. The van der Waals surface area contributed by atoms with Gasteiger partial charge in [-0.3, -0.25) is 0 Å². The van der Waals surface area contributed by atoms with Crippen LogP contribution in [-0.4, -0.2) is 11.7 Å². The van der Waals surface area contributed by atoms with E-state index in [4.69, 9.17) is 0 Å². The fourth-order valence-electron chi connectivity index (χ4n) is 0.209. The van der Waals surface area contributed by atoms with Gasteiger partial charge in [-0.2, -0.15) is 8.78 Å². The van der Waals surface area contributed by atoms with Gasteiger partial charge in [0.2, 0.25) is 0 Å². The monoisotopic (exact) mass is 161 g/mol. The third-order valence-electron chi connectivity index (χ3n) is 0.529. The van der Waals surface area contributed by atoms with Crippen LogP contribution in [0.3, 0.4) is 0 Å². The van der Waals surface area contributed by atoms with Gasteiger partial charge in [0, 0.05) is 0 Å². The van der Waals surface area contributed by atoms with Crippen molar-refractivity contribution in [3.8, 4) is 0 Å². The molecule has 0 saturated heterocycles. The highest BCUT2D eigenvalue weighted by atomic mass is 35.5. The lowest BCUT2D eigenvalue weighted by Crippen LogP contribution is -2.27. The summed E-state index contributed by atoms with van der Waals surface area (Å²) < 4.78 is 38.6. The Bertz CT molecular complexity index is 85.9. The lowest BCUT2D eigenvalue weighted by Gasteiger charge is -2.13. The first kappa shape index (κ1) is 9.04. The van der Waals surface area contributed by atoms with Crippen LogP contribution < -0.4 is 0 Å². The molecule has 1 atom stereocenters. The van der Waals surface area contributed by atoms with Crippen LogP contribution in [-0.2, 0) is 4.74 Å². The molecule has 0 heterocycles. The second-order valence-electron chi connectivity index (χ2n) is 1.22. The molecule has 1 nitrogen and oxygen atoms in total. The van der Waals surface area contributed by atoms with Crippen molar-refractivity contribution in [2.24, 2.45) is 0 Å². The molecule has 0 rings (SSSR count). The molecule has 0 aromatic heterocycles. The first-order valence-corrected chi connectivity index (χ1v) is 2.56. The van der Waals surface area contributed by atoms with E-state index in [0.29, 0.717) is 6.61 Å². The Kier molecular flexibility index (Phi) is 3.28. The highest BCUT2D eigenvalue weighted by molar-refractivity contribution is 6.20. The zero-order valence-electron chi connectivity index (χ0n) is 4.57. The standard InChI is InChI=1S/C4H5ClF3O/c1-2-9-4(7,8)3(5)6/h2-3H,1H3. The minimum atomic E-state index is -3.91. The molecular formula is C4H5ClF3O. The zero-order valence-corrected chi connectivity index (χ0v) is 5.33. The maximum Gasteiger partial charge on any atom is 0.401 e. The molecule has 5 heteroatoms. The topological polar surface area (TPSA) is 9.23 Å². The summed E-state index contributed by atoms with van der Waals surface area (Å²) in [5.74, 6) is 0. The van der Waals surface area contributed by atoms with Gasteiger partial charge in [0.25, 0.3) is 5.63 Å². The predicted octanol–water partition coefficient (Wildman–Crippen LogP) is 2.31. The second-order valence-corrected chi connectivity index (χ2v) is 1.60. The highest BCUT2D eigenvalue weighted by Crippen LogP contribution is 2.26. The number of hydrogen-bond acceptors (Lipinski definition) is 1. The van der Waals surface area contributed by atoms with E-state index in [-0.39, 0.29) is 0 Å². The van der Waals surface area contributed by atoms with Crippen LogP contribution in [0.4, 0.5) is 13.2 Å². The van der Waals surface area contributed by atoms with Crippen LogP contribution in [0, 0.1) is 6.61 Å². The largest absolute Gasteiger partial charge is 0.401 e. The smallest absolute Gasteiger partial charge is 0.311 e. The van der Waals surface area contributed by atoms with E-state index < -0.39 is 11.7 Å². The summed E-state index contributed by atoms with van der Waals surface area (Å²) in [7, 11) is 0. The summed E-state index contributed by atoms with van der Waals surface area (Å²) in [6, 6.07) is 0. The van der Waals surface area contributed by atoms with E-state index in [2.05, 4.69) is 16.3 Å². The first-order chi connectivity index (χ1) is 4.00. The van der Waals surface area contributed by atoms with Crippen molar-refractivity contribution in [2.75, 3.05) is 0 Å². The molecule has 55 valence electrons. The van der Waals surface area contributed by atoms with E-state index in [0.717, 1.165) is 0 Å². The minimum absolute atomic E-state index is 0.676. The maximum atomic E-state index is 11.8. The summed E-state index contributed by atoms with van der Waals surface area (Å²) >= 11 is 4.39. The van der Waals surface area contributed by atoms with E-state index in [1.807, 2.05) is 0 Å². The average Bonchev–Trinajstić information content (AvgIpc) is 1.65. The van der Waals surface area contributed by atoms with Crippen LogP contribution in [0.1, 0.15) is 6.92 Å².